The van der Waals surface area contributed by atoms with Crippen LogP contribution in [0.5, 0.6) is 0 Å². The largest absolute Gasteiger partial charge is 0.377 e. The van der Waals surface area contributed by atoms with Gasteiger partial charge in [0.2, 0.25) is 0 Å². The van der Waals surface area contributed by atoms with E-state index >= 15 is 0 Å². The molecule has 4 aliphatic rings. The molecule has 0 aromatic heterocycles. The molecular weight excluding hydrogens is 499 g/mol. The van der Waals surface area contributed by atoms with Crippen LogP contribution in [-0.2, 0) is 11.3 Å². The maximum atomic E-state index is 6.10. The average molecular weight is 539 g/mol. The maximum Gasteiger partial charge on any atom is 0.191 e. The predicted molar refractivity (Wildman–Crippen MR) is 137 cm³/mol. The summed E-state index contributed by atoms with van der Waals surface area (Å²) in [6.07, 6.45) is 8.05. The number of likely N-dealkylation sites (tertiary alicyclic amines) is 1. The van der Waals surface area contributed by atoms with Crippen molar-refractivity contribution < 1.29 is 4.74 Å². The SMILES string of the molecule is CCN=C(NC1CCN(Cc2ccccc2)C(C)C1)NC1C2CCOC2C12CCC2.I. The standard InChI is InChI=1S/C25H38N4O.HI/c1-3-26-24(28-22-21-11-15-30-23(21)25(22)12-7-13-25)27-20-10-14-29(18(2)16-20)17-19-8-5-4-6-9-19;/h4-6,8-9,18,20-23H,3,7,10-17H2,1-2H3,(H2,26,27,28);1H. The van der Waals surface area contributed by atoms with Gasteiger partial charge in [0.05, 0.1) is 6.10 Å². The molecule has 5 nitrogen and oxygen atoms in total. The van der Waals surface area contributed by atoms with Crippen molar-refractivity contribution in [1.82, 2.24) is 15.5 Å². The van der Waals surface area contributed by atoms with Gasteiger partial charge in [-0.25, -0.2) is 0 Å². The Kier molecular flexibility index (Phi) is 7.48. The van der Waals surface area contributed by atoms with Gasteiger partial charge < -0.3 is 15.4 Å². The highest BCUT2D eigenvalue weighted by atomic mass is 127. The number of ether oxygens (including phenoxy) is 1. The molecule has 5 atom stereocenters. The number of nitrogens with zero attached hydrogens (tertiary/aromatic N) is 2. The number of halogens is 1. The maximum absolute atomic E-state index is 6.10. The smallest absolute Gasteiger partial charge is 0.191 e. The highest BCUT2D eigenvalue weighted by molar-refractivity contribution is 14.0. The molecule has 31 heavy (non-hydrogen) atoms. The molecule has 5 rings (SSSR count). The first-order valence-corrected chi connectivity index (χ1v) is 12.2. The topological polar surface area (TPSA) is 48.9 Å². The van der Waals surface area contributed by atoms with Gasteiger partial charge in [-0.1, -0.05) is 36.8 Å². The number of fused-ring (bicyclic) bond motifs is 2. The van der Waals surface area contributed by atoms with E-state index in [-0.39, 0.29) is 24.0 Å². The Labute approximate surface area is 204 Å². The first kappa shape index (κ1) is 23.3. The number of nitrogens with one attached hydrogen (secondary N) is 2. The van der Waals surface area contributed by atoms with Gasteiger partial charge >= 0.3 is 0 Å². The second-order valence-electron chi connectivity index (χ2n) is 9.95. The molecule has 0 radical (unpaired) electrons. The summed E-state index contributed by atoms with van der Waals surface area (Å²) in [5.74, 6) is 1.72. The van der Waals surface area contributed by atoms with Crippen molar-refractivity contribution in [3.8, 4) is 0 Å². The first-order chi connectivity index (χ1) is 14.7. The minimum Gasteiger partial charge on any atom is -0.377 e. The van der Waals surface area contributed by atoms with E-state index in [9.17, 15) is 0 Å². The van der Waals surface area contributed by atoms with Crippen molar-refractivity contribution in [2.75, 3.05) is 19.7 Å². The van der Waals surface area contributed by atoms with E-state index in [1.165, 1.54) is 44.1 Å². The molecule has 2 aliphatic carbocycles. The van der Waals surface area contributed by atoms with Crippen LogP contribution in [0.1, 0.15) is 57.9 Å². The molecular formula is C25H39IN4O. The zero-order valence-corrected chi connectivity index (χ0v) is 21.4. The van der Waals surface area contributed by atoms with Crippen LogP contribution in [0.25, 0.3) is 0 Å². The Bertz CT molecular complexity index is 753. The van der Waals surface area contributed by atoms with E-state index in [4.69, 9.17) is 9.73 Å². The van der Waals surface area contributed by atoms with Crippen molar-refractivity contribution in [2.24, 2.45) is 16.3 Å². The van der Waals surface area contributed by atoms with E-state index in [0.717, 1.165) is 32.2 Å². The quantitative estimate of drug-likeness (QED) is 0.336. The molecule has 1 spiro atoms. The summed E-state index contributed by atoms with van der Waals surface area (Å²) in [6.45, 7) is 8.46. The summed E-state index contributed by atoms with van der Waals surface area (Å²) in [5.41, 5.74) is 1.80. The van der Waals surface area contributed by atoms with E-state index in [2.05, 4.69) is 59.7 Å². The third-order valence-electron chi connectivity index (χ3n) is 8.23. The van der Waals surface area contributed by atoms with Crippen molar-refractivity contribution in [3.05, 3.63) is 35.9 Å². The first-order valence-electron chi connectivity index (χ1n) is 12.2. The summed E-state index contributed by atoms with van der Waals surface area (Å²) in [7, 11) is 0. The van der Waals surface area contributed by atoms with Gasteiger partial charge in [-0.2, -0.15) is 0 Å². The van der Waals surface area contributed by atoms with E-state index in [1.54, 1.807) is 0 Å². The van der Waals surface area contributed by atoms with Crippen molar-refractivity contribution in [2.45, 2.75) is 83.1 Å². The van der Waals surface area contributed by atoms with Crippen LogP contribution in [0.3, 0.4) is 0 Å². The lowest BCUT2D eigenvalue weighted by Gasteiger charge is -2.63. The number of rotatable bonds is 5. The van der Waals surface area contributed by atoms with Crippen LogP contribution in [0.15, 0.2) is 35.3 Å². The lowest BCUT2D eigenvalue weighted by Crippen LogP contribution is -2.72. The average Bonchev–Trinajstić information content (AvgIpc) is 3.13. The fraction of sp³-hybridized carbons (Fsp3) is 0.720. The summed E-state index contributed by atoms with van der Waals surface area (Å²) < 4.78 is 6.10. The van der Waals surface area contributed by atoms with Crippen molar-refractivity contribution >= 4 is 29.9 Å². The zero-order chi connectivity index (χ0) is 20.6. The lowest BCUT2D eigenvalue weighted by molar-refractivity contribution is -0.171. The van der Waals surface area contributed by atoms with Gasteiger partial charge in [-0.3, -0.25) is 9.89 Å². The molecule has 1 aromatic rings. The predicted octanol–water partition coefficient (Wildman–Crippen LogP) is 4.17. The monoisotopic (exact) mass is 538 g/mol. The Morgan fingerprint density at radius 2 is 2.00 bits per heavy atom. The van der Waals surface area contributed by atoms with Crippen LogP contribution >= 0.6 is 24.0 Å². The molecule has 2 N–H and O–H groups in total. The van der Waals surface area contributed by atoms with Crippen LogP contribution in [0.4, 0.5) is 0 Å². The molecule has 4 fully saturated rings. The molecule has 0 bridgehead atoms. The molecule has 2 saturated heterocycles. The third kappa shape index (κ3) is 4.49. The molecule has 1 aromatic carbocycles. The van der Waals surface area contributed by atoms with Gasteiger partial charge in [0, 0.05) is 55.7 Å². The zero-order valence-electron chi connectivity index (χ0n) is 19.1. The fourth-order valence-electron chi connectivity index (χ4n) is 6.49. The van der Waals surface area contributed by atoms with Gasteiger partial charge in [0.15, 0.2) is 5.96 Å². The number of hydrogen-bond donors (Lipinski definition) is 2. The molecule has 0 amide bonds. The summed E-state index contributed by atoms with van der Waals surface area (Å²) in [4.78, 5) is 7.45. The van der Waals surface area contributed by atoms with Crippen LogP contribution < -0.4 is 10.6 Å². The number of guanidine groups is 1. The normalized spacial score (nSPS) is 34.3. The number of benzene rings is 1. The number of piperidine rings is 1. The third-order valence-corrected chi connectivity index (χ3v) is 8.23. The van der Waals surface area contributed by atoms with Crippen LogP contribution in [0, 0.1) is 11.3 Å². The van der Waals surface area contributed by atoms with Crippen molar-refractivity contribution in [3.63, 3.8) is 0 Å². The van der Waals surface area contributed by atoms with Crippen LogP contribution in [0.2, 0.25) is 0 Å². The van der Waals surface area contributed by atoms with Gasteiger partial charge in [0.25, 0.3) is 0 Å². The summed E-state index contributed by atoms with van der Waals surface area (Å²) in [5, 5.41) is 7.69. The van der Waals surface area contributed by atoms with Crippen LogP contribution in [-0.4, -0.2) is 54.8 Å². The van der Waals surface area contributed by atoms with E-state index < -0.39 is 0 Å². The van der Waals surface area contributed by atoms with E-state index in [1.807, 2.05) is 0 Å². The molecule has 2 aliphatic heterocycles. The molecule has 6 heteroatoms. The number of aliphatic imine (C=N–C) groups is 1. The Hall–Kier alpha value is -0.860. The molecule has 2 heterocycles. The van der Waals surface area contributed by atoms with Crippen molar-refractivity contribution in [1.29, 1.82) is 0 Å². The second-order valence-corrected chi connectivity index (χ2v) is 9.95. The summed E-state index contributed by atoms with van der Waals surface area (Å²) >= 11 is 0. The highest BCUT2D eigenvalue weighted by Gasteiger charge is 2.66. The summed E-state index contributed by atoms with van der Waals surface area (Å²) in [6, 6.07) is 12.5. The molecule has 172 valence electrons. The Morgan fingerprint density at radius 3 is 2.68 bits per heavy atom. The molecule has 5 unspecified atom stereocenters. The second kappa shape index (κ2) is 9.96. The number of hydrogen-bond acceptors (Lipinski definition) is 3. The fourth-order valence-corrected chi connectivity index (χ4v) is 6.49. The molecule has 2 saturated carbocycles. The van der Waals surface area contributed by atoms with E-state index in [0.29, 0.717) is 35.6 Å². The van der Waals surface area contributed by atoms with Gasteiger partial charge in [0.1, 0.15) is 0 Å². The lowest BCUT2D eigenvalue weighted by atomic mass is 9.46. The highest BCUT2D eigenvalue weighted by Crippen LogP contribution is 2.62. The van der Waals surface area contributed by atoms with Gasteiger partial charge in [-0.15, -0.1) is 24.0 Å². The Morgan fingerprint density at radius 1 is 1.19 bits per heavy atom. The minimum atomic E-state index is 0. The minimum absolute atomic E-state index is 0. The Balaban J connectivity index is 0.00000231. The van der Waals surface area contributed by atoms with Gasteiger partial charge in [-0.05, 0) is 51.5 Å².